The van der Waals surface area contributed by atoms with Crippen molar-refractivity contribution in [1.82, 2.24) is 15.5 Å². The summed E-state index contributed by atoms with van der Waals surface area (Å²) < 4.78 is 45.0. The maximum absolute atomic E-state index is 15.1. The molecule has 1 saturated heterocycles. The molecular weight excluding hydrogens is 545 g/mol. The lowest BCUT2D eigenvalue weighted by molar-refractivity contribution is 0.0731. The van der Waals surface area contributed by atoms with E-state index in [9.17, 15) is 18.0 Å². The van der Waals surface area contributed by atoms with Gasteiger partial charge >= 0.3 is 0 Å². The lowest BCUT2D eigenvalue weighted by Crippen LogP contribution is -2.33. The van der Waals surface area contributed by atoms with E-state index in [2.05, 4.69) is 10.6 Å². The van der Waals surface area contributed by atoms with Crippen molar-refractivity contribution >= 4 is 21.7 Å². The summed E-state index contributed by atoms with van der Waals surface area (Å²) in [5.41, 5.74) is 3.44. The van der Waals surface area contributed by atoms with Gasteiger partial charge in [0.15, 0.2) is 9.84 Å². The molecule has 2 aliphatic rings. The van der Waals surface area contributed by atoms with E-state index in [0.29, 0.717) is 30.3 Å². The highest BCUT2D eigenvalue weighted by Crippen LogP contribution is 2.31. The summed E-state index contributed by atoms with van der Waals surface area (Å²) in [7, 11) is -3.77. The van der Waals surface area contributed by atoms with Crippen LogP contribution in [0.15, 0.2) is 59.5 Å². The van der Waals surface area contributed by atoms with Crippen LogP contribution in [0.5, 0.6) is 5.75 Å². The Morgan fingerprint density at radius 1 is 1.10 bits per heavy atom. The zero-order chi connectivity index (χ0) is 29.1. The summed E-state index contributed by atoms with van der Waals surface area (Å²) in [6.45, 7) is 5.07. The van der Waals surface area contributed by atoms with Crippen LogP contribution in [0.25, 0.3) is 11.1 Å². The van der Waals surface area contributed by atoms with E-state index < -0.39 is 20.5 Å². The van der Waals surface area contributed by atoms with Gasteiger partial charge in [0.05, 0.1) is 6.54 Å². The number of amides is 2. The number of benzene rings is 3. The maximum Gasteiger partial charge on any atom is 0.254 e. The molecular formula is C31H34FN3O5S. The van der Waals surface area contributed by atoms with Crippen molar-refractivity contribution in [3.8, 4) is 16.9 Å². The van der Waals surface area contributed by atoms with E-state index in [-0.39, 0.29) is 42.5 Å². The number of sulfone groups is 1. The zero-order valence-electron chi connectivity index (χ0n) is 23.2. The number of rotatable bonds is 7. The fourth-order valence-corrected chi connectivity index (χ4v) is 6.16. The van der Waals surface area contributed by atoms with Crippen molar-refractivity contribution in [1.29, 1.82) is 0 Å². The zero-order valence-corrected chi connectivity index (χ0v) is 24.0. The van der Waals surface area contributed by atoms with Crippen LogP contribution in [-0.2, 0) is 22.8 Å². The Bertz CT molecular complexity index is 1570. The number of fused-ring (bicyclic) bond motifs is 1. The van der Waals surface area contributed by atoms with Gasteiger partial charge in [-0.25, -0.2) is 12.8 Å². The number of hydrogen-bond acceptors (Lipinski definition) is 6. The van der Waals surface area contributed by atoms with Crippen LogP contribution in [0.1, 0.15) is 45.2 Å². The lowest BCUT2D eigenvalue weighted by atomic mass is 10.00. The number of carbonyl (C=O) groups is 2. The van der Waals surface area contributed by atoms with Gasteiger partial charge in [-0.2, -0.15) is 0 Å². The highest BCUT2D eigenvalue weighted by atomic mass is 32.2. The van der Waals surface area contributed by atoms with Crippen molar-refractivity contribution in [3.63, 3.8) is 0 Å². The van der Waals surface area contributed by atoms with Crippen molar-refractivity contribution in [2.45, 2.75) is 31.2 Å². The Morgan fingerprint density at radius 2 is 1.85 bits per heavy atom. The molecule has 3 aromatic carbocycles. The summed E-state index contributed by atoms with van der Waals surface area (Å²) >= 11 is 0. The SMILES string of the molecule is CCc1c(C(=O)N2CCOc3ccc(-c4ccc(C(=O)NC[C@@H]5CCNC5)cc4)cc3C2)ccc(S(C)(=O)=O)c1F. The Kier molecular flexibility index (Phi) is 8.42. The Balaban J connectivity index is 1.34. The molecule has 216 valence electrons. The molecule has 0 aromatic heterocycles. The monoisotopic (exact) mass is 579 g/mol. The molecule has 1 atom stereocenters. The molecule has 41 heavy (non-hydrogen) atoms. The molecule has 0 saturated carbocycles. The molecule has 2 aliphatic heterocycles. The lowest BCUT2D eigenvalue weighted by Gasteiger charge is -2.22. The molecule has 5 rings (SSSR count). The molecule has 3 aromatic rings. The highest BCUT2D eigenvalue weighted by Gasteiger charge is 2.27. The largest absolute Gasteiger partial charge is 0.491 e. The molecule has 1 fully saturated rings. The van der Waals surface area contributed by atoms with E-state index in [4.69, 9.17) is 4.74 Å². The van der Waals surface area contributed by atoms with Crippen LogP contribution in [0.2, 0.25) is 0 Å². The first-order valence-electron chi connectivity index (χ1n) is 13.8. The Morgan fingerprint density at radius 3 is 2.54 bits per heavy atom. The fourth-order valence-electron chi connectivity index (χ4n) is 5.39. The first-order valence-corrected chi connectivity index (χ1v) is 15.7. The Hall–Kier alpha value is -3.76. The fraction of sp³-hybridized carbons (Fsp3) is 0.355. The van der Waals surface area contributed by atoms with Crippen LogP contribution in [0, 0.1) is 11.7 Å². The number of hydrogen-bond donors (Lipinski definition) is 2. The van der Waals surface area contributed by atoms with Crippen molar-refractivity contribution in [2.24, 2.45) is 5.92 Å². The summed E-state index contributed by atoms with van der Waals surface area (Å²) in [6.07, 6.45) is 2.19. The van der Waals surface area contributed by atoms with Crippen LogP contribution in [0.4, 0.5) is 4.39 Å². The average Bonchev–Trinajstić information content (AvgIpc) is 3.39. The van der Waals surface area contributed by atoms with Gasteiger partial charge in [-0.3, -0.25) is 9.59 Å². The van der Waals surface area contributed by atoms with Gasteiger partial charge in [0.25, 0.3) is 11.8 Å². The third-order valence-corrected chi connectivity index (χ3v) is 8.83. The van der Waals surface area contributed by atoms with Crippen molar-refractivity contribution in [3.05, 3.63) is 82.7 Å². The summed E-state index contributed by atoms with van der Waals surface area (Å²) in [6, 6.07) is 15.7. The average molecular weight is 580 g/mol. The number of nitrogens with one attached hydrogen (secondary N) is 2. The van der Waals surface area contributed by atoms with Crippen LogP contribution < -0.4 is 15.4 Å². The molecule has 8 nitrogen and oxygen atoms in total. The second kappa shape index (κ2) is 12.0. The van der Waals surface area contributed by atoms with Crippen LogP contribution in [0.3, 0.4) is 0 Å². The minimum absolute atomic E-state index is 0.0844. The number of halogens is 1. The summed E-state index contributed by atoms with van der Waals surface area (Å²) in [5, 5.41) is 6.31. The van der Waals surface area contributed by atoms with E-state index in [1.165, 1.54) is 6.07 Å². The second-order valence-electron chi connectivity index (χ2n) is 10.6. The van der Waals surface area contributed by atoms with E-state index >= 15 is 4.39 Å². The molecule has 0 aliphatic carbocycles. The third-order valence-electron chi connectivity index (χ3n) is 7.71. The van der Waals surface area contributed by atoms with E-state index in [1.807, 2.05) is 30.3 Å². The van der Waals surface area contributed by atoms with Crippen LogP contribution >= 0.6 is 0 Å². The van der Waals surface area contributed by atoms with Gasteiger partial charge in [-0.1, -0.05) is 25.1 Å². The predicted molar refractivity (Wildman–Crippen MR) is 154 cm³/mol. The first kappa shape index (κ1) is 28.8. The summed E-state index contributed by atoms with van der Waals surface area (Å²) in [5.74, 6) is -0.226. The Labute approximate surface area is 239 Å². The van der Waals surface area contributed by atoms with Crippen molar-refractivity contribution < 1.29 is 27.1 Å². The maximum atomic E-state index is 15.1. The molecule has 0 spiro atoms. The summed E-state index contributed by atoms with van der Waals surface area (Å²) in [4.78, 5) is 27.3. The van der Waals surface area contributed by atoms with Gasteiger partial charge in [0, 0.05) is 41.6 Å². The minimum Gasteiger partial charge on any atom is -0.491 e. The normalized spacial score (nSPS) is 17.0. The van der Waals surface area contributed by atoms with Gasteiger partial charge in [-0.15, -0.1) is 0 Å². The highest BCUT2D eigenvalue weighted by molar-refractivity contribution is 7.90. The minimum atomic E-state index is -3.77. The van der Waals surface area contributed by atoms with Gasteiger partial charge in [-0.05, 0) is 79.4 Å². The standard InChI is InChI=1S/C31H34FN3O5S/c1-3-25-26(9-11-28(29(25)32)41(2,38)39)31(37)35-14-15-40-27-10-8-23(16-24(27)19-35)21-4-6-22(7-5-21)30(36)34-18-20-12-13-33-17-20/h4-11,16,20,33H,3,12-15,17-19H2,1-2H3,(H,34,36)/t20-/m1/s1. The number of nitrogens with zero attached hydrogens (tertiary/aromatic N) is 1. The second-order valence-corrected chi connectivity index (χ2v) is 12.6. The van der Waals surface area contributed by atoms with E-state index in [1.54, 1.807) is 24.0 Å². The molecule has 10 heteroatoms. The number of ether oxygens (including phenoxy) is 1. The van der Waals surface area contributed by atoms with Crippen LogP contribution in [-0.4, -0.2) is 64.2 Å². The number of carbonyl (C=O) groups excluding carboxylic acids is 2. The molecule has 2 amide bonds. The predicted octanol–water partition coefficient (Wildman–Crippen LogP) is 3.83. The topological polar surface area (TPSA) is 105 Å². The molecule has 2 N–H and O–H groups in total. The van der Waals surface area contributed by atoms with Gasteiger partial charge < -0.3 is 20.3 Å². The van der Waals surface area contributed by atoms with Crippen molar-refractivity contribution in [2.75, 3.05) is 39.0 Å². The van der Waals surface area contributed by atoms with Gasteiger partial charge in [0.1, 0.15) is 23.1 Å². The van der Waals surface area contributed by atoms with E-state index in [0.717, 1.165) is 48.5 Å². The molecule has 2 heterocycles. The first-order chi connectivity index (χ1) is 19.7. The van der Waals surface area contributed by atoms with Gasteiger partial charge in [0.2, 0.25) is 0 Å². The molecule has 0 bridgehead atoms. The quantitative estimate of drug-likeness (QED) is 0.441. The smallest absolute Gasteiger partial charge is 0.254 e. The molecule has 0 unspecified atom stereocenters. The molecule has 0 radical (unpaired) electrons. The third kappa shape index (κ3) is 6.28.